The Morgan fingerprint density at radius 1 is 1.38 bits per heavy atom. The van der Waals surface area contributed by atoms with Gasteiger partial charge in [-0.2, -0.15) is 0 Å². The molecule has 2 rings (SSSR count). The van der Waals surface area contributed by atoms with E-state index in [2.05, 4.69) is 24.1 Å². The van der Waals surface area contributed by atoms with Crippen molar-refractivity contribution in [3.8, 4) is 0 Å². The third-order valence-corrected chi connectivity index (χ3v) is 3.49. The van der Waals surface area contributed by atoms with Gasteiger partial charge >= 0.3 is 0 Å². The fraction of sp³-hybridized carbons (Fsp3) is 1.00. The Bertz CT molecular complexity index is 177. The van der Waals surface area contributed by atoms with Gasteiger partial charge in [-0.1, -0.05) is 20.3 Å². The topological polar surface area (TPSA) is 15.3 Å². The second kappa shape index (κ2) is 3.58. The Kier molecular flexibility index (Phi) is 2.61. The van der Waals surface area contributed by atoms with Gasteiger partial charge in [0.25, 0.3) is 0 Å². The molecule has 2 aliphatic rings. The summed E-state index contributed by atoms with van der Waals surface area (Å²) in [6, 6.07) is 0.829. The SMILES string of the molecule is CC1(C)CCCC2CNCCN2C1. The molecule has 2 nitrogen and oxygen atoms in total. The molecule has 0 saturated carbocycles. The van der Waals surface area contributed by atoms with Gasteiger partial charge in [0, 0.05) is 32.2 Å². The molecule has 0 spiro atoms. The van der Waals surface area contributed by atoms with Gasteiger partial charge in [-0.05, 0) is 18.3 Å². The summed E-state index contributed by atoms with van der Waals surface area (Å²) in [6.07, 6.45) is 4.21. The lowest BCUT2D eigenvalue weighted by atomic mass is 9.88. The standard InChI is InChI=1S/C11H22N2/c1-11(2)5-3-4-10-8-12-6-7-13(10)9-11/h10,12H,3-9H2,1-2H3. The minimum atomic E-state index is 0.548. The number of hydrogen-bond acceptors (Lipinski definition) is 2. The molecule has 2 heteroatoms. The molecule has 1 unspecified atom stereocenters. The average molecular weight is 182 g/mol. The first-order chi connectivity index (χ1) is 6.17. The number of hydrogen-bond donors (Lipinski definition) is 1. The number of fused-ring (bicyclic) bond motifs is 1. The number of rotatable bonds is 0. The second-order valence-electron chi connectivity index (χ2n) is 5.38. The first kappa shape index (κ1) is 9.47. The van der Waals surface area contributed by atoms with Crippen LogP contribution < -0.4 is 5.32 Å². The van der Waals surface area contributed by atoms with Crippen molar-refractivity contribution in [1.82, 2.24) is 10.2 Å². The summed E-state index contributed by atoms with van der Waals surface area (Å²) in [5, 5.41) is 3.50. The van der Waals surface area contributed by atoms with Gasteiger partial charge in [0.05, 0.1) is 0 Å². The van der Waals surface area contributed by atoms with E-state index in [-0.39, 0.29) is 0 Å². The van der Waals surface area contributed by atoms with Gasteiger partial charge in [-0.15, -0.1) is 0 Å². The van der Waals surface area contributed by atoms with Gasteiger partial charge in [0.15, 0.2) is 0 Å². The lowest BCUT2D eigenvalue weighted by Crippen LogP contribution is -2.52. The van der Waals surface area contributed by atoms with Crippen LogP contribution in [0.4, 0.5) is 0 Å². The maximum atomic E-state index is 3.50. The highest BCUT2D eigenvalue weighted by Gasteiger charge is 2.31. The van der Waals surface area contributed by atoms with Crippen LogP contribution in [-0.2, 0) is 0 Å². The Labute approximate surface area is 81.7 Å². The van der Waals surface area contributed by atoms with E-state index in [0.717, 1.165) is 6.04 Å². The van der Waals surface area contributed by atoms with E-state index >= 15 is 0 Å². The lowest BCUT2D eigenvalue weighted by Gasteiger charge is -2.37. The third kappa shape index (κ3) is 2.23. The summed E-state index contributed by atoms with van der Waals surface area (Å²) in [5.41, 5.74) is 0.548. The molecule has 0 radical (unpaired) electrons. The molecule has 13 heavy (non-hydrogen) atoms. The number of nitrogens with one attached hydrogen (secondary N) is 1. The van der Waals surface area contributed by atoms with E-state index < -0.39 is 0 Å². The Hall–Kier alpha value is -0.0800. The fourth-order valence-corrected chi connectivity index (χ4v) is 2.74. The molecule has 0 amide bonds. The maximum absolute atomic E-state index is 3.50. The quantitative estimate of drug-likeness (QED) is 0.610. The van der Waals surface area contributed by atoms with E-state index in [1.54, 1.807) is 0 Å². The minimum Gasteiger partial charge on any atom is -0.314 e. The van der Waals surface area contributed by atoms with Crippen LogP contribution in [0, 0.1) is 5.41 Å². The molecule has 0 bridgehead atoms. The zero-order valence-corrected chi connectivity index (χ0v) is 8.97. The van der Waals surface area contributed by atoms with Gasteiger partial charge in [0.2, 0.25) is 0 Å². The molecular formula is C11H22N2. The van der Waals surface area contributed by atoms with E-state index in [1.165, 1.54) is 45.4 Å². The molecule has 76 valence electrons. The number of nitrogens with zero attached hydrogens (tertiary/aromatic N) is 1. The molecule has 1 N–H and O–H groups in total. The van der Waals surface area contributed by atoms with Crippen LogP contribution in [0.25, 0.3) is 0 Å². The van der Waals surface area contributed by atoms with E-state index in [1.807, 2.05) is 0 Å². The zero-order valence-electron chi connectivity index (χ0n) is 8.97. The monoisotopic (exact) mass is 182 g/mol. The maximum Gasteiger partial charge on any atom is 0.0221 e. The van der Waals surface area contributed by atoms with Crippen molar-refractivity contribution in [3.05, 3.63) is 0 Å². The van der Waals surface area contributed by atoms with Crippen molar-refractivity contribution in [3.63, 3.8) is 0 Å². The molecule has 2 aliphatic heterocycles. The molecule has 1 atom stereocenters. The largest absolute Gasteiger partial charge is 0.314 e. The summed E-state index contributed by atoms with van der Waals surface area (Å²) in [7, 11) is 0. The molecule has 0 aromatic rings. The fourth-order valence-electron chi connectivity index (χ4n) is 2.74. The van der Waals surface area contributed by atoms with Crippen molar-refractivity contribution < 1.29 is 0 Å². The predicted molar refractivity (Wildman–Crippen MR) is 55.9 cm³/mol. The first-order valence-corrected chi connectivity index (χ1v) is 5.62. The highest BCUT2D eigenvalue weighted by Crippen LogP contribution is 2.30. The van der Waals surface area contributed by atoms with Crippen LogP contribution in [0.15, 0.2) is 0 Å². The normalized spacial score (nSPS) is 35.1. The molecule has 2 saturated heterocycles. The summed E-state index contributed by atoms with van der Waals surface area (Å²) >= 11 is 0. The smallest absolute Gasteiger partial charge is 0.0221 e. The van der Waals surface area contributed by atoms with Crippen LogP contribution in [-0.4, -0.2) is 37.1 Å². The van der Waals surface area contributed by atoms with Crippen LogP contribution in [0.3, 0.4) is 0 Å². The van der Waals surface area contributed by atoms with E-state index in [9.17, 15) is 0 Å². The van der Waals surface area contributed by atoms with Crippen LogP contribution in [0.5, 0.6) is 0 Å². The molecule has 2 fully saturated rings. The van der Waals surface area contributed by atoms with Crippen molar-refractivity contribution in [2.45, 2.75) is 39.2 Å². The first-order valence-electron chi connectivity index (χ1n) is 5.62. The second-order valence-corrected chi connectivity index (χ2v) is 5.38. The summed E-state index contributed by atoms with van der Waals surface area (Å²) in [4.78, 5) is 2.70. The zero-order chi connectivity index (χ0) is 9.31. The summed E-state index contributed by atoms with van der Waals surface area (Å²) in [5.74, 6) is 0. The number of piperazine rings is 1. The molecule has 0 aliphatic carbocycles. The Balaban J connectivity index is 2.03. The molecular weight excluding hydrogens is 160 g/mol. The van der Waals surface area contributed by atoms with Crippen molar-refractivity contribution in [2.24, 2.45) is 5.41 Å². The van der Waals surface area contributed by atoms with Gasteiger partial charge in [-0.25, -0.2) is 0 Å². The minimum absolute atomic E-state index is 0.548. The van der Waals surface area contributed by atoms with Gasteiger partial charge in [0.1, 0.15) is 0 Å². The van der Waals surface area contributed by atoms with Crippen molar-refractivity contribution >= 4 is 0 Å². The third-order valence-electron chi connectivity index (χ3n) is 3.49. The van der Waals surface area contributed by atoms with Crippen LogP contribution in [0.1, 0.15) is 33.1 Å². The van der Waals surface area contributed by atoms with Crippen molar-refractivity contribution in [1.29, 1.82) is 0 Å². The van der Waals surface area contributed by atoms with E-state index in [0.29, 0.717) is 5.41 Å². The lowest BCUT2D eigenvalue weighted by molar-refractivity contribution is 0.123. The van der Waals surface area contributed by atoms with Crippen LogP contribution >= 0.6 is 0 Å². The van der Waals surface area contributed by atoms with Gasteiger partial charge < -0.3 is 5.32 Å². The highest BCUT2D eigenvalue weighted by molar-refractivity contribution is 4.87. The molecule has 0 aromatic carbocycles. The highest BCUT2D eigenvalue weighted by atomic mass is 15.2. The van der Waals surface area contributed by atoms with E-state index in [4.69, 9.17) is 0 Å². The van der Waals surface area contributed by atoms with Crippen molar-refractivity contribution in [2.75, 3.05) is 26.2 Å². The Morgan fingerprint density at radius 2 is 2.23 bits per heavy atom. The van der Waals surface area contributed by atoms with Gasteiger partial charge in [-0.3, -0.25) is 4.90 Å². The Morgan fingerprint density at radius 3 is 3.08 bits per heavy atom. The summed E-state index contributed by atoms with van der Waals surface area (Å²) in [6.45, 7) is 9.80. The average Bonchev–Trinajstić information content (AvgIpc) is 2.21. The predicted octanol–water partition coefficient (Wildman–Crippen LogP) is 1.47. The molecule has 0 aromatic heterocycles. The van der Waals surface area contributed by atoms with Crippen LogP contribution in [0.2, 0.25) is 0 Å². The molecule has 2 heterocycles. The summed E-state index contributed by atoms with van der Waals surface area (Å²) < 4.78 is 0.